The van der Waals surface area contributed by atoms with Crippen LogP contribution in [0.15, 0.2) is 231 Å². The fraction of sp³-hybridized carbons (Fsp3) is 0. The Morgan fingerprint density at radius 3 is 1.40 bits per heavy atom. The van der Waals surface area contributed by atoms with E-state index in [2.05, 4.69) is 240 Å². The van der Waals surface area contributed by atoms with Gasteiger partial charge in [0, 0.05) is 38.5 Å². The molecule has 0 amide bonds. The summed E-state index contributed by atoms with van der Waals surface area (Å²) in [6.07, 6.45) is 0. The molecule has 2 aromatic heterocycles. The average molecular weight is 743 g/mol. The number of aromatic nitrogens is 2. The zero-order chi connectivity index (χ0) is 37.8. The lowest BCUT2D eigenvalue weighted by atomic mass is 10.0. The van der Waals surface area contributed by atoms with Crippen LogP contribution in [0.4, 0.5) is 0 Å². The van der Waals surface area contributed by atoms with Crippen LogP contribution < -0.4 is 20.7 Å². The first kappa shape index (κ1) is 33.2. The predicted molar refractivity (Wildman–Crippen MR) is 244 cm³/mol. The number of hydrogen-bond acceptors (Lipinski definition) is 0. The van der Waals surface area contributed by atoms with Crippen LogP contribution in [0.1, 0.15) is 0 Å². The average Bonchev–Trinajstić information content (AvgIpc) is 3.81. The Balaban J connectivity index is 1.28. The van der Waals surface area contributed by atoms with Gasteiger partial charge in [-0.3, -0.25) is 0 Å². The van der Waals surface area contributed by atoms with E-state index >= 15 is 0 Å². The summed E-state index contributed by atoms with van der Waals surface area (Å²) in [4.78, 5) is 0. The molecule has 0 saturated heterocycles. The fourth-order valence-corrected chi connectivity index (χ4v) is 14.5. The third kappa shape index (κ3) is 5.10. The molecule has 2 heterocycles. The largest absolute Gasteiger partial charge is 0.309 e. The van der Waals surface area contributed by atoms with Crippen molar-refractivity contribution in [3.8, 4) is 22.5 Å². The molecular formula is C54H38N2Si. The van der Waals surface area contributed by atoms with Crippen molar-refractivity contribution in [2.75, 3.05) is 0 Å². The van der Waals surface area contributed by atoms with Gasteiger partial charge in [0.25, 0.3) is 0 Å². The lowest BCUT2D eigenvalue weighted by molar-refractivity contribution is 1.17. The molecule has 0 atom stereocenters. The summed E-state index contributed by atoms with van der Waals surface area (Å²) in [5.41, 5.74) is 9.59. The zero-order valence-electron chi connectivity index (χ0n) is 31.3. The summed E-state index contributed by atoms with van der Waals surface area (Å²) in [6, 6.07) is 85.2. The van der Waals surface area contributed by atoms with Gasteiger partial charge in [-0.25, -0.2) is 0 Å². The lowest BCUT2D eigenvalue weighted by Crippen LogP contribution is -2.75. The van der Waals surface area contributed by atoms with Crippen LogP contribution in [-0.2, 0) is 0 Å². The molecule has 11 aromatic rings. The van der Waals surface area contributed by atoms with Gasteiger partial charge in [-0.2, -0.15) is 0 Å². The first-order valence-corrected chi connectivity index (χ1v) is 21.7. The van der Waals surface area contributed by atoms with E-state index in [9.17, 15) is 0 Å². The van der Waals surface area contributed by atoms with Gasteiger partial charge in [0.05, 0.1) is 22.1 Å². The predicted octanol–water partition coefficient (Wildman–Crippen LogP) is 10.9. The highest BCUT2D eigenvalue weighted by Gasteiger charge is 2.43. The van der Waals surface area contributed by atoms with Crippen molar-refractivity contribution in [2.24, 2.45) is 0 Å². The topological polar surface area (TPSA) is 9.86 Å². The molecule has 0 spiro atoms. The molecule has 2 nitrogen and oxygen atoms in total. The van der Waals surface area contributed by atoms with E-state index in [0.29, 0.717) is 0 Å². The van der Waals surface area contributed by atoms with Gasteiger partial charge < -0.3 is 9.13 Å². The number of hydrogen-bond donors (Lipinski definition) is 0. The number of para-hydroxylation sites is 4. The second-order valence-corrected chi connectivity index (χ2v) is 18.6. The van der Waals surface area contributed by atoms with Gasteiger partial charge in [0.15, 0.2) is 8.07 Å². The summed E-state index contributed by atoms with van der Waals surface area (Å²) in [7, 11) is -2.90. The molecule has 11 rings (SSSR count). The molecule has 3 heteroatoms. The number of rotatable bonds is 7. The molecular weight excluding hydrogens is 705 g/mol. The summed E-state index contributed by atoms with van der Waals surface area (Å²) in [5.74, 6) is 0. The van der Waals surface area contributed by atoms with Crippen molar-refractivity contribution in [1.82, 2.24) is 9.13 Å². The molecule has 0 aliphatic rings. The fourth-order valence-electron chi connectivity index (χ4n) is 9.51. The Bertz CT molecular complexity index is 3110. The maximum Gasteiger partial charge on any atom is 0.181 e. The summed E-state index contributed by atoms with van der Waals surface area (Å²) >= 11 is 0. The molecule has 268 valence electrons. The third-order valence-electron chi connectivity index (χ3n) is 11.8. The number of benzene rings is 9. The molecule has 0 N–H and O–H groups in total. The SMILES string of the molecule is c1ccc(-c2cccc3c4cc(-n5c6ccccc6c6cccc([Si](c7ccccc7)(c7ccccc7)c7ccccc7)c65)ccc4n(-c4ccccc4)c23)cc1. The van der Waals surface area contributed by atoms with E-state index < -0.39 is 8.07 Å². The number of fused-ring (bicyclic) bond motifs is 6. The monoisotopic (exact) mass is 742 g/mol. The smallest absolute Gasteiger partial charge is 0.181 e. The second-order valence-electron chi connectivity index (χ2n) is 14.8. The molecule has 0 radical (unpaired) electrons. The normalized spacial score (nSPS) is 11.9. The maximum atomic E-state index is 2.56. The molecule has 0 fully saturated rings. The first-order chi connectivity index (χ1) is 28.3. The van der Waals surface area contributed by atoms with E-state index in [1.165, 1.54) is 75.5 Å². The van der Waals surface area contributed by atoms with Crippen LogP contribution in [-0.4, -0.2) is 17.2 Å². The van der Waals surface area contributed by atoms with E-state index in [0.717, 1.165) is 11.4 Å². The first-order valence-electron chi connectivity index (χ1n) is 19.7. The van der Waals surface area contributed by atoms with Gasteiger partial charge in [-0.15, -0.1) is 0 Å². The van der Waals surface area contributed by atoms with Gasteiger partial charge in [0.1, 0.15) is 0 Å². The van der Waals surface area contributed by atoms with Crippen LogP contribution in [0.3, 0.4) is 0 Å². The highest BCUT2D eigenvalue weighted by atomic mass is 28.3. The Morgan fingerprint density at radius 1 is 0.298 bits per heavy atom. The van der Waals surface area contributed by atoms with Gasteiger partial charge in [0.2, 0.25) is 0 Å². The Morgan fingerprint density at radius 2 is 0.772 bits per heavy atom. The van der Waals surface area contributed by atoms with Crippen molar-refractivity contribution in [3.63, 3.8) is 0 Å². The standard InChI is InChI=1S/C54H38N2Si/c1-6-20-39(21-7-1)45-31-18-32-48-49-38-41(36-37-51(49)55(53(45)48)40-22-8-2-9-23-40)56-50-34-17-16-30-46(50)47-33-19-35-52(54(47)56)57(42-24-10-3-11-25-42,43-26-12-4-13-27-43)44-28-14-5-15-29-44/h1-38H. The van der Waals surface area contributed by atoms with Gasteiger partial charge in [-0.1, -0.05) is 194 Å². The highest BCUT2D eigenvalue weighted by molar-refractivity contribution is 7.20. The zero-order valence-corrected chi connectivity index (χ0v) is 32.3. The number of nitrogens with zero attached hydrogens (tertiary/aromatic N) is 2. The molecule has 0 saturated carbocycles. The molecule has 57 heavy (non-hydrogen) atoms. The van der Waals surface area contributed by atoms with Crippen LogP contribution in [0.2, 0.25) is 0 Å². The minimum Gasteiger partial charge on any atom is -0.309 e. The molecule has 9 aromatic carbocycles. The van der Waals surface area contributed by atoms with Crippen LogP contribution in [0, 0.1) is 0 Å². The van der Waals surface area contributed by atoms with E-state index in [-0.39, 0.29) is 0 Å². The quantitative estimate of drug-likeness (QED) is 0.114. The molecule has 0 bridgehead atoms. The molecule has 0 unspecified atom stereocenters. The minimum absolute atomic E-state index is 1.15. The van der Waals surface area contributed by atoms with Crippen LogP contribution >= 0.6 is 0 Å². The van der Waals surface area contributed by atoms with Crippen molar-refractivity contribution < 1.29 is 0 Å². The van der Waals surface area contributed by atoms with Crippen LogP contribution in [0.5, 0.6) is 0 Å². The van der Waals surface area contributed by atoms with Crippen LogP contribution in [0.25, 0.3) is 66.1 Å². The summed E-state index contributed by atoms with van der Waals surface area (Å²) in [5, 5.41) is 10.4. The Kier molecular flexibility index (Phi) is 7.87. The van der Waals surface area contributed by atoms with Crippen molar-refractivity contribution in [3.05, 3.63) is 231 Å². The van der Waals surface area contributed by atoms with Gasteiger partial charge >= 0.3 is 0 Å². The van der Waals surface area contributed by atoms with E-state index in [1.54, 1.807) is 0 Å². The Labute approximate surface area is 333 Å². The van der Waals surface area contributed by atoms with Crippen molar-refractivity contribution >= 4 is 72.4 Å². The molecule has 0 aliphatic carbocycles. The minimum atomic E-state index is -2.90. The second kappa shape index (κ2) is 13.5. The van der Waals surface area contributed by atoms with E-state index in [1.807, 2.05) is 0 Å². The third-order valence-corrected chi connectivity index (χ3v) is 16.7. The Hall–Kier alpha value is -7.20. The summed E-state index contributed by atoms with van der Waals surface area (Å²) in [6.45, 7) is 0. The highest BCUT2D eigenvalue weighted by Crippen LogP contribution is 2.40. The van der Waals surface area contributed by atoms with Gasteiger partial charge in [-0.05, 0) is 62.7 Å². The molecule has 0 aliphatic heterocycles. The maximum absolute atomic E-state index is 2.90. The van der Waals surface area contributed by atoms with Crippen molar-refractivity contribution in [2.45, 2.75) is 0 Å². The summed E-state index contributed by atoms with van der Waals surface area (Å²) < 4.78 is 5.01. The van der Waals surface area contributed by atoms with Crippen molar-refractivity contribution in [1.29, 1.82) is 0 Å². The van der Waals surface area contributed by atoms with E-state index in [4.69, 9.17) is 0 Å². The lowest BCUT2D eigenvalue weighted by Gasteiger charge is -2.35.